The van der Waals surface area contributed by atoms with Crippen LogP contribution in [0, 0.1) is 0 Å². The zero-order chi connectivity index (χ0) is 24.7. The third kappa shape index (κ3) is 6.41. The summed E-state index contributed by atoms with van der Waals surface area (Å²) in [6.45, 7) is -0.352. The third-order valence-corrected chi connectivity index (χ3v) is 6.45. The van der Waals surface area contributed by atoms with Crippen LogP contribution in [0.5, 0.6) is 11.5 Å². The van der Waals surface area contributed by atoms with E-state index < -0.39 is 10.0 Å². The fourth-order valence-corrected chi connectivity index (χ4v) is 4.17. The number of Topliss-reactive ketones (excluding diaryl/α,β-unsaturated/α-hetero) is 1. The molecule has 8 heteroatoms. The first kappa shape index (κ1) is 23.9. The van der Waals surface area contributed by atoms with Gasteiger partial charge in [-0.25, -0.2) is 13.1 Å². The molecule has 0 aliphatic rings. The standard InChI is InChI=1S/C27H22N2O5S/c30-26(20-7-3-1-4-8-20)19-28-35(32,33)25-17-13-22(14-18-25)29-27(31)21-11-15-24(16-12-21)34-23-9-5-2-6-10-23/h1-18,28H,19H2,(H,29,31). The smallest absolute Gasteiger partial charge is 0.255 e. The maximum Gasteiger partial charge on any atom is 0.255 e. The predicted molar refractivity (Wildman–Crippen MR) is 133 cm³/mol. The number of benzene rings is 4. The molecule has 7 nitrogen and oxygen atoms in total. The third-order valence-electron chi connectivity index (χ3n) is 5.04. The van der Waals surface area contributed by atoms with Gasteiger partial charge in [0.1, 0.15) is 11.5 Å². The van der Waals surface area contributed by atoms with E-state index in [1.165, 1.54) is 24.3 Å². The Morgan fingerprint density at radius 3 is 1.86 bits per heavy atom. The largest absolute Gasteiger partial charge is 0.457 e. The number of para-hydroxylation sites is 1. The average molecular weight is 487 g/mol. The van der Waals surface area contributed by atoms with Gasteiger partial charge in [0.2, 0.25) is 10.0 Å². The van der Waals surface area contributed by atoms with Crippen LogP contribution < -0.4 is 14.8 Å². The van der Waals surface area contributed by atoms with E-state index >= 15 is 0 Å². The Balaban J connectivity index is 1.34. The molecule has 0 aromatic heterocycles. The molecule has 4 aromatic rings. The van der Waals surface area contributed by atoms with Crippen LogP contribution in [0.4, 0.5) is 5.69 Å². The molecule has 0 bridgehead atoms. The zero-order valence-electron chi connectivity index (χ0n) is 18.5. The van der Waals surface area contributed by atoms with Gasteiger partial charge in [-0.15, -0.1) is 0 Å². The van der Waals surface area contributed by atoms with Crippen molar-refractivity contribution in [1.29, 1.82) is 0 Å². The van der Waals surface area contributed by atoms with Crippen LogP contribution in [0.1, 0.15) is 20.7 Å². The molecule has 176 valence electrons. The summed E-state index contributed by atoms with van der Waals surface area (Å²) in [5.41, 5.74) is 1.27. The molecule has 2 N–H and O–H groups in total. The summed E-state index contributed by atoms with van der Waals surface area (Å²) < 4.78 is 33.1. The van der Waals surface area contributed by atoms with E-state index in [0.717, 1.165) is 0 Å². The second-order valence-corrected chi connectivity index (χ2v) is 9.30. The van der Waals surface area contributed by atoms with Gasteiger partial charge in [-0.3, -0.25) is 9.59 Å². The number of carbonyl (C=O) groups is 2. The van der Waals surface area contributed by atoms with Crippen LogP contribution in [0.15, 0.2) is 114 Å². The molecule has 0 aliphatic heterocycles. The Kier molecular flexibility index (Phi) is 7.35. The molecule has 4 aromatic carbocycles. The summed E-state index contributed by atoms with van der Waals surface area (Å²) in [5, 5.41) is 2.73. The molecule has 0 aliphatic carbocycles. The van der Waals surface area contributed by atoms with E-state index in [4.69, 9.17) is 4.74 Å². The number of anilines is 1. The van der Waals surface area contributed by atoms with E-state index in [1.54, 1.807) is 54.6 Å². The summed E-state index contributed by atoms with van der Waals surface area (Å²) in [7, 11) is -3.89. The minimum atomic E-state index is -3.89. The molecule has 0 fully saturated rings. The number of nitrogens with one attached hydrogen (secondary N) is 2. The Labute approximate surface area is 203 Å². The monoisotopic (exact) mass is 486 g/mol. The lowest BCUT2D eigenvalue weighted by Crippen LogP contribution is -2.29. The van der Waals surface area contributed by atoms with E-state index in [1.807, 2.05) is 30.3 Å². The van der Waals surface area contributed by atoms with E-state index in [-0.39, 0.29) is 23.1 Å². The fourth-order valence-electron chi connectivity index (χ4n) is 3.19. The maximum absolute atomic E-state index is 12.6. The molecular weight excluding hydrogens is 464 g/mol. The van der Waals surface area contributed by atoms with Crippen molar-refractivity contribution in [1.82, 2.24) is 4.72 Å². The molecule has 1 amide bonds. The summed E-state index contributed by atoms with van der Waals surface area (Å²) in [4.78, 5) is 24.7. The molecule has 0 saturated heterocycles. The summed E-state index contributed by atoms with van der Waals surface area (Å²) in [5.74, 6) is 0.607. The minimum Gasteiger partial charge on any atom is -0.457 e. The highest BCUT2D eigenvalue weighted by atomic mass is 32.2. The van der Waals surface area contributed by atoms with Gasteiger partial charge < -0.3 is 10.1 Å². The Bertz CT molecular complexity index is 1400. The van der Waals surface area contributed by atoms with Crippen molar-refractivity contribution in [2.75, 3.05) is 11.9 Å². The molecular formula is C27H22N2O5S. The first-order valence-corrected chi connectivity index (χ1v) is 12.2. The molecule has 35 heavy (non-hydrogen) atoms. The van der Waals surface area contributed by atoms with Gasteiger partial charge in [0.15, 0.2) is 5.78 Å². The van der Waals surface area contributed by atoms with Crippen molar-refractivity contribution in [2.24, 2.45) is 0 Å². The quantitative estimate of drug-likeness (QED) is 0.328. The Morgan fingerprint density at radius 2 is 1.23 bits per heavy atom. The first-order chi connectivity index (χ1) is 16.9. The topological polar surface area (TPSA) is 102 Å². The second kappa shape index (κ2) is 10.8. The number of hydrogen-bond acceptors (Lipinski definition) is 5. The Hall–Kier alpha value is -4.27. The average Bonchev–Trinajstić information content (AvgIpc) is 2.89. The lowest BCUT2D eigenvalue weighted by Gasteiger charge is -2.09. The van der Waals surface area contributed by atoms with Crippen molar-refractivity contribution in [3.63, 3.8) is 0 Å². The van der Waals surface area contributed by atoms with Crippen LogP contribution in [-0.2, 0) is 10.0 Å². The van der Waals surface area contributed by atoms with Gasteiger partial charge in [0.25, 0.3) is 5.91 Å². The normalized spacial score (nSPS) is 11.0. The van der Waals surface area contributed by atoms with Gasteiger partial charge >= 0.3 is 0 Å². The van der Waals surface area contributed by atoms with Gasteiger partial charge in [-0.1, -0.05) is 48.5 Å². The molecule has 0 atom stereocenters. The van der Waals surface area contributed by atoms with Crippen molar-refractivity contribution in [2.45, 2.75) is 4.90 Å². The molecule has 0 radical (unpaired) electrons. The van der Waals surface area contributed by atoms with Gasteiger partial charge in [0.05, 0.1) is 11.4 Å². The van der Waals surface area contributed by atoms with Crippen molar-refractivity contribution < 1.29 is 22.7 Å². The summed E-state index contributed by atoms with van der Waals surface area (Å²) in [6, 6.07) is 30.1. The van der Waals surface area contributed by atoms with Crippen molar-refractivity contribution in [3.05, 3.63) is 120 Å². The Morgan fingerprint density at radius 1 is 0.657 bits per heavy atom. The first-order valence-electron chi connectivity index (χ1n) is 10.7. The van der Waals surface area contributed by atoms with Crippen LogP contribution in [0.3, 0.4) is 0 Å². The minimum absolute atomic E-state index is 0.0150. The molecule has 0 unspecified atom stereocenters. The van der Waals surface area contributed by atoms with Crippen molar-refractivity contribution >= 4 is 27.4 Å². The number of hydrogen-bond donors (Lipinski definition) is 2. The van der Waals surface area contributed by atoms with Crippen LogP contribution in [-0.4, -0.2) is 26.7 Å². The zero-order valence-corrected chi connectivity index (χ0v) is 19.4. The summed E-state index contributed by atoms with van der Waals surface area (Å²) in [6.07, 6.45) is 0. The number of rotatable bonds is 9. The highest BCUT2D eigenvalue weighted by Gasteiger charge is 2.16. The maximum atomic E-state index is 12.6. The highest BCUT2D eigenvalue weighted by molar-refractivity contribution is 7.89. The highest BCUT2D eigenvalue weighted by Crippen LogP contribution is 2.22. The lowest BCUT2D eigenvalue weighted by atomic mass is 10.1. The molecule has 0 heterocycles. The lowest BCUT2D eigenvalue weighted by molar-refractivity contribution is 0.0994. The number of ketones is 1. The predicted octanol–water partition coefficient (Wildman–Crippen LogP) is 4.89. The van der Waals surface area contributed by atoms with Crippen molar-refractivity contribution in [3.8, 4) is 11.5 Å². The van der Waals surface area contributed by atoms with Crippen LogP contribution in [0.25, 0.3) is 0 Å². The van der Waals surface area contributed by atoms with Gasteiger partial charge in [0, 0.05) is 16.8 Å². The van der Waals surface area contributed by atoms with Gasteiger partial charge in [-0.2, -0.15) is 0 Å². The van der Waals surface area contributed by atoms with Crippen LogP contribution >= 0.6 is 0 Å². The number of ether oxygens (including phenoxy) is 1. The number of amides is 1. The fraction of sp³-hybridized carbons (Fsp3) is 0.0370. The van der Waals surface area contributed by atoms with Gasteiger partial charge in [-0.05, 0) is 60.7 Å². The van der Waals surface area contributed by atoms with E-state index in [2.05, 4.69) is 10.0 Å². The SMILES string of the molecule is O=C(CNS(=O)(=O)c1ccc(NC(=O)c2ccc(Oc3ccccc3)cc2)cc1)c1ccccc1. The number of carbonyl (C=O) groups excluding carboxylic acids is 2. The summed E-state index contributed by atoms with van der Waals surface area (Å²) >= 11 is 0. The molecule has 0 saturated carbocycles. The molecule has 4 rings (SSSR count). The molecule has 0 spiro atoms. The second-order valence-electron chi connectivity index (χ2n) is 7.53. The van der Waals surface area contributed by atoms with E-state index in [0.29, 0.717) is 28.3 Å². The van der Waals surface area contributed by atoms with E-state index in [9.17, 15) is 18.0 Å². The van der Waals surface area contributed by atoms with Crippen LogP contribution in [0.2, 0.25) is 0 Å². The number of sulfonamides is 1.